The van der Waals surface area contributed by atoms with Crippen molar-refractivity contribution in [2.75, 3.05) is 13.1 Å². The minimum absolute atomic E-state index is 0.0784. The first-order valence-electron chi connectivity index (χ1n) is 5.60. The summed E-state index contributed by atoms with van der Waals surface area (Å²) in [4.78, 5) is 23.6. The molecule has 1 rings (SSSR count). The molecule has 7 heteroatoms. The molecule has 0 heterocycles. The number of rotatable bonds is 6. The molecule has 0 aromatic heterocycles. The Bertz CT molecular complexity index is 477. The molecule has 0 spiro atoms. The molecule has 0 radical (unpaired) electrons. The Balaban J connectivity index is 3.03. The maximum Gasteiger partial charge on any atom is 0.231 e. The van der Waals surface area contributed by atoms with E-state index in [2.05, 4.69) is 15.9 Å². The minimum atomic E-state index is -0.567. The molecule has 0 aliphatic carbocycles. The van der Waals surface area contributed by atoms with Crippen molar-refractivity contribution in [3.05, 3.63) is 28.2 Å². The summed E-state index contributed by atoms with van der Waals surface area (Å²) in [5.41, 5.74) is 10.9. The van der Waals surface area contributed by atoms with Crippen molar-refractivity contribution < 1.29 is 14.7 Å². The van der Waals surface area contributed by atoms with Crippen molar-refractivity contribution in [3.63, 3.8) is 0 Å². The van der Waals surface area contributed by atoms with E-state index in [1.165, 1.54) is 11.0 Å². The van der Waals surface area contributed by atoms with Gasteiger partial charge in [-0.1, -0.05) is 15.9 Å². The Labute approximate surface area is 119 Å². The Morgan fingerprint density at radius 2 is 1.84 bits per heavy atom. The normalized spacial score (nSPS) is 12.4. The molecule has 6 nitrogen and oxygen atoms in total. The van der Waals surface area contributed by atoms with Crippen molar-refractivity contribution in [1.29, 1.82) is 0 Å². The average Bonchev–Trinajstić information content (AvgIpc) is 2.29. The van der Waals surface area contributed by atoms with Crippen molar-refractivity contribution in [1.82, 2.24) is 4.90 Å². The van der Waals surface area contributed by atoms with Gasteiger partial charge in [-0.3, -0.25) is 14.5 Å². The molecule has 1 aromatic carbocycles. The summed E-state index contributed by atoms with van der Waals surface area (Å²) in [7, 11) is 0. The number of nitrogens with zero attached hydrogens (tertiary/aromatic N) is 1. The molecule has 0 saturated heterocycles. The highest BCUT2D eigenvalue weighted by Crippen LogP contribution is 2.30. The topological polar surface area (TPSA) is 110 Å². The van der Waals surface area contributed by atoms with Gasteiger partial charge in [-0.05, 0) is 25.1 Å². The highest BCUT2D eigenvalue weighted by molar-refractivity contribution is 9.10. The SMILES string of the molecule is CC(c1cc(Br)ccc1O)N(CC(N)=O)CC(N)=O. The van der Waals surface area contributed by atoms with E-state index in [1.807, 2.05) is 0 Å². The predicted molar refractivity (Wildman–Crippen MR) is 74.2 cm³/mol. The Hall–Kier alpha value is -1.60. The number of nitrogens with two attached hydrogens (primary N) is 2. The lowest BCUT2D eigenvalue weighted by Crippen LogP contribution is -2.41. The summed E-state index contributed by atoms with van der Waals surface area (Å²) in [6, 6.07) is 4.56. The summed E-state index contributed by atoms with van der Waals surface area (Å²) < 4.78 is 0.783. The second-order valence-corrected chi connectivity index (χ2v) is 5.13. The quantitative estimate of drug-likeness (QED) is 0.705. The van der Waals surface area contributed by atoms with Gasteiger partial charge in [0.2, 0.25) is 11.8 Å². The zero-order valence-corrected chi connectivity index (χ0v) is 12.1. The second kappa shape index (κ2) is 6.53. The van der Waals surface area contributed by atoms with E-state index in [9.17, 15) is 14.7 Å². The lowest BCUT2D eigenvalue weighted by Gasteiger charge is -2.27. The van der Waals surface area contributed by atoms with Crippen LogP contribution in [0.2, 0.25) is 0 Å². The average molecular weight is 330 g/mol. The maximum absolute atomic E-state index is 11.0. The molecule has 5 N–H and O–H groups in total. The fraction of sp³-hybridized carbons (Fsp3) is 0.333. The maximum atomic E-state index is 11.0. The molecular weight excluding hydrogens is 314 g/mol. The molecule has 0 bridgehead atoms. The number of hydrogen-bond donors (Lipinski definition) is 3. The van der Waals surface area contributed by atoms with Gasteiger partial charge < -0.3 is 16.6 Å². The van der Waals surface area contributed by atoms with E-state index in [1.54, 1.807) is 19.1 Å². The lowest BCUT2D eigenvalue weighted by atomic mass is 10.1. The van der Waals surface area contributed by atoms with Crippen LogP contribution < -0.4 is 11.5 Å². The summed E-state index contributed by atoms with van der Waals surface area (Å²) in [6.45, 7) is 1.53. The second-order valence-electron chi connectivity index (χ2n) is 4.22. The number of carbonyl (C=O) groups excluding carboxylic acids is 2. The number of phenolic OH excluding ortho intramolecular Hbond substituents is 1. The van der Waals surface area contributed by atoms with Crippen LogP contribution in [0.5, 0.6) is 5.75 Å². The van der Waals surface area contributed by atoms with Gasteiger partial charge in [0.1, 0.15) is 5.75 Å². The zero-order valence-electron chi connectivity index (χ0n) is 10.5. The van der Waals surface area contributed by atoms with Crippen LogP contribution in [0.3, 0.4) is 0 Å². The molecule has 0 aliphatic heterocycles. The number of primary amides is 2. The molecule has 0 aliphatic rings. The van der Waals surface area contributed by atoms with Crippen LogP contribution in [0.15, 0.2) is 22.7 Å². The van der Waals surface area contributed by atoms with Gasteiger partial charge in [-0.25, -0.2) is 0 Å². The van der Waals surface area contributed by atoms with Crippen molar-refractivity contribution in [2.45, 2.75) is 13.0 Å². The van der Waals surface area contributed by atoms with E-state index < -0.39 is 11.8 Å². The van der Waals surface area contributed by atoms with E-state index in [0.29, 0.717) is 5.56 Å². The number of hydrogen-bond acceptors (Lipinski definition) is 4. The van der Waals surface area contributed by atoms with Gasteiger partial charge in [0.15, 0.2) is 0 Å². The largest absolute Gasteiger partial charge is 0.508 e. The zero-order chi connectivity index (χ0) is 14.6. The minimum Gasteiger partial charge on any atom is -0.508 e. The Morgan fingerprint density at radius 3 is 2.32 bits per heavy atom. The molecule has 1 atom stereocenters. The number of aromatic hydroxyl groups is 1. The number of halogens is 1. The van der Waals surface area contributed by atoms with Gasteiger partial charge in [0, 0.05) is 16.1 Å². The molecule has 19 heavy (non-hydrogen) atoms. The third kappa shape index (κ3) is 4.53. The van der Waals surface area contributed by atoms with Crippen LogP contribution in [-0.2, 0) is 9.59 Å². The van der Waals surface area contributed by atoms with Crippen LogP contribution >= 0.6 is 15.9 Å². The Morgan fingerprint density at radius 1 is 1.32 bits per heavy atom. The first-order chi connectivity index (χ1) is 8.81. The summed E-state index contributed by atoms with van der Waals surface area (Å²) >= 11 is 3.30. The van der Waals surface area contributed by atoms with E-state index in [-0.39, 0.29) is 24.9 Å². The number of carbonyl (C=O) groups is 2. The summed E-state index contributed by atoms with van der Waals surface area (Å²) in [5, 5.41) is 9.84. The van der Waals surface area contributed by atoms with Gasteiger partial charge in [-0.2, -0.15) is 0 Å². The molecular formula is C12H16BrN3O3. The van der Waals surface area contributed by atoms with Gasteiger partial charge in [0.25, 0.3) is 0 Å². The number of phenols is 1. The predicted octanol–water partition coefficient (Wildman–Crippen LogP) is 0.488. The number of amides is 2. The first kappa shape index (κ1) is 15.5. The van der Waals surface area contributed by atoms with Crippen LogP contribution in [-0.4, -0.2) is 34.9 Å². The molecule has 0 saturated carbocycles. The standard InChI is InChI=1S/C12H16BrN3O3/c1-7(9-4-8(13)2-3-10(9)17)16(5-11(14)18)6-12(15)19/h2-4,7,17H,5-6H2,1H3,(H2,14,18)(H2,15,19). The smallest absolute Gasteiger partial charge is 0.231 e. The first-order valence-corrected chi connectivity index (χ1v) is 6.39. The molecule has 2 amide bonds. The summed E-state index contributed by atoms with van der Waals surface area (Å²) in [6.07, 6.45) is 0. The van der Waals surface area contributed by atoms with E-state index in [0.717, 1.165) is 4.47 Å². The van der Waals surface area contributed by atoms with Crippen LogP contribution in [0.25, 0.3) is 0 Å². The summed E-state index contributed by atoms with van der Waals surface area (Å²) in [5.74, 6) is -1.06. The van der Waals surface area contributed by atoms with E-state index >= 15 is 0 Å². The fourth-order valence-electron chi connectivity index (χ4n) is 1.79. The lowest BCUT2D eigenvalue weighted by molar-refractivity contribution is -0.122. The van der Waals surface area contributed by atoms with Crippen LogP contribution in [0.4, 0.5) is 0 Å². The highest BCUT2D eigenvalue weighted by Gasteiger charge is 2.22. The van der Waals surface area contributed by atoms with E-state index in [4.69, 9.17) is 11.5 Å². The van der Waals surface area contributed by atoms with Gasteiger partial charge in [-0.15, -0.1) is 0 Å². The molecule has 1 unspecified atom stereocenters. The van der Waals surface area contributed by atoms with Gasteiger partial charge >= 0.3 is 0 Å². The van der Waals surface area contributed by atoms with Gasteiger partial charge in [0.05, 0.1) is 13.1 Å². The molecule has 104 valence electrons. The third-order valence-electron chi connectivity index (χ3n) is 2.71. The monoisotopic (exact) mass is 329 g/mol. The van der Waals surface area contributed by atoms with Crippen LogP contribution in [0.1, 0.15) is 18.5 Å². The van der Waals surface area contributed by atoms with Crippen molar-refractivity contribution >= 4 is 27.7 Å². The Kier molecular flexibility index (Phi) is 5.31. The van der Waals surface area contributed by atoms with Crippen LogP contribution in [0, 0.1) is 0 Å². The molecule has 1 aromatic rings. The highest BCUT2D eigenvalue weighted by atomic mass is 79.9. The fourth-order valence-corrected chi connectivity index (χ4v) is 2.17. The number of benzene rings is 1. The third-order valence-corrected chi connectivity index (χ3v) is 3.20. The molecule has 0 fully saturated rings. The van der Waals surface area contributed by atoms with Crippen molar-refractivity contribution in [3.8, 4) is 5.75 Å². The van der Waals surface area contributed by atoms with Crippen molar-refractivity contribution in [2.24, 2.45) is 11.5 Å².